The van der Waals surface area contributed by atoms with Crippen molar-refractivity contribution in [2.75, 3.05) is 12.0 Å². The van der Waals surface area contributed by atoms with Crippen LogP contribution in [0.1, 0.15) is 38.7 Å². The first-order chi connectivity index (χ1) is 11.1. The van der Waals surface area contributed by atoms with Gasteiger partial charge in [0.05, 0.1) is 5.56 Å². The summed E-state index contributed by atoms with van der Waals surface area (Å²) in [6.45, 7) is 4.60. The molecule has 23 heavy (non-hydrogen) atoms. The van der Waals surface area contributed by atoms with E-state index in [0.29, 0.717) is 11.8 Å². The van der Waals surface area contributed by atoms with Gasteiger partial charge in [-0.2, -0.15) is 9.78 Å². The van der Waals surface area contributed by atoms with Gasteiger partial charge in [0.15, 0.2) is 0 Å². The Morgan fingerprint density at radius 1 is 1.30 bits per heavy atom. The summed E-state index contributed by atoms with van der Waals surface area (Å²) in [4.78, 5) is 8.52. The lowest BCUT2D eigenvalue weighted by atomic mass is 9.81. The van der Waals surface area contributed by atoms with Gasteiger partial charge in [0.1, 0.15) is 10.8 Å². The Morgan fingerprint density at radius 3 is 2.61 bits per heavy atom. The van der Waals surface area contributed by atoms with Crippen LogP contribution in [0.5, 0.6) is 0 Å². The molecule has 122 valence electrons. The number of allylic oxidation sites excluding steroid dienone is 2. The number of aromatic nitrogens is 4. The number of rotatable bonds is 4. The minimum absolute atomic E-state index is 0.517. The quantitative estimate of drug-likeness (QED) is 0.864. The molecule has 0 saturated carbocycles. The van der Waals surface area contributed by atoms with Crippen molar-refractivity contribution in [2.24, 2.45) is 11.8 Å². The minimum atomic E-state index is 0.517. The SMILES string of the molecule is CSc1nn(-c2ncccn2)c(N)c1C1=CCC(C(C)C)CC1. The van der Waals surface area contributed by atoms with Gasteiger partial charge in [0, 0.05) is 12.4 Å². The molecule has 1 unspecified atom stereocenters. The molecule has 0 aromatic carbocycles. The minimum Gasteiger partial charge on any atom is -0.383 e. The van der Waals surface area contributed by atoms with E-state index in [0.717, 1.165) is 35.3 Å². The first-order valence-electron chi connectivity index (χ1n) is 8.01. The molecular weight excluding hydrogens is 306 g/mol. The maximum atomic E-state index is 6.40. The third kappa shape index (κ3) is 3.13. The van der Waals surface area contributed by atoms with E-state index in [9.17, 15) is 0 Å². The van der Waals surface area contributed by atoms with Crippen LogP contribution in [0.4, 0.5) is 5.82 Å². The molecular formula is C17H23N5S. The summed E-state index contributed by atoms with van der Waals surface area (Å²) in [6.07, 6.45) is 11.2. The molecule has 0 spiro atoms. The largest absolute Gasteiger partial charge is 0.383 e. The fraction of sp³-hybridized carbons (Fsp3) is 0.471. The molecule has 0 bridgehead atoms. The van der Waals surface area contributed by atoms with Gasteiger partial charge >= 0.3 is 0 Å². The van der Waals surface area contributed by atoms with E-state index in [-0.39, 0.29) is 0 Å². The van der Waals surface area contributed by atoms with Gasteiger partial charge in [-0.15, -0.1) is 11.8 Å². The second kappa shape index (κ2) is 6.74. The van der Waals surface area contributed by atoms with Crippen molar-refractivity contribution >= 4 is 23.2 Å². The Balaban J connectivity index is 1.99. The van der Waals surface area contributed by atoms with Gasteiger partial charge < -0.3 is 5.73 Å². The highest BCUT2D eigenvalue weighted by Gasteiger charge is 2.24. The van der Waals surface area contributed by atoms with Crippen molar-refractivity contribution in [1.82, 2.24) is 19.7 Å². The molecule has 6 heteroatoms. The van der Waals surface area contributed by atoms with Crippen LogP contribution in [0.25, 0.3) is 11.5 Å². The Bertz CT molecular complexity index is 705. The zero-order chi connectivity index (χ0) is 16.4. The molecule has 1 aliphatic carbocycles. The van der Waals surface area contributed by atoms with Crippen LogP contribution >= 0.6 is 11.8 Å². The Labute approximate surface area is 141 Å². The molecule has 0 radical (unpaired) electrons. The molecule has 2 heterocycles. The maximum Gasteiger partial charge on any atom is 0.252 e. The molecule has 3 rings (SSSR count). The van der Waals surface area contributed by atoms with Gasteiger partial charge in [0.25, 0.3) is 5.95 Å². The lowest BCUT2D eigenvalue weighted by molar-refractivity contribution is 0.359. The summed E-state index contributed by atoms with van der Waals surface area (Å²) in [7, 11) is 0. The van der Waals surface area contributed by atoms with Crippen molar-refractivity contribution in [2.45, 2.75) is 38.1 Å². The zero-order valence-electron chi connectivity index (χ0n) is 13.9. The second-order valence-corrected chi connectivity index (χ2v) is 7.03. The Morgan fingerprint density at radius 2 is 2.04 bits per heavy atom. The van der Waals surface area contributed by atoms with Crippen molar-refractivity contribution in [1.29, 1.82) is 0 Å². The molecule has 0 saturated heterocycles. The molecule has 2 aromatic heterocycles. The van der Waals surface area contributed by atoms with Crippen LogP contribution in [0, 0.1) is 11.8 Å². The Hall–Kier alpha value is -1.82. The summed E-state index contributed by atoms with van der Waals surface area (Å²) in [5, 5.41) is 5.56. The van der Waals surface area contributed by atoms with Crippen LogP contribution in [-0.2, 0) is 0 Å². The molecule has 2 N–H and O–H groups in total. The Kier molecular flexibility index (Phi) is 4.71. The topological polar surface area (TPSA) is 69.6 Å². The third-order valence-electron chi connectivity index (χ3n) is 4.54. The first kappa shape index (κ1) is 16.1. The highest BCUT2D eigenvalue weighted by atomic mass is 32.2. The van der Waals surface area contributed by atoms with E-state index in [1.165, 1.54) is 12.0 Å². The average Bonchev–Trinajstić information content (AvgIpc) is 2.92. The fourth-order valence-electron chi connectivity index (χ4n) is 3.09. The second-order valence-electron chi connectivity index (χ2n) is 6.24. The third-order valence-corrected chi connectivity index (χ3v) is 5.21. The predicted octanol–water partition coefficient (Wildman–Crippen LogP) is 3.81. The smallest absolute Gasteiger partial charge is 0.252 e. The van der Waals surface area contributed by atoms with E-state index in [4.69, 9.17) is 5.73 Å². The van der Waals surface area contributed by atoms with Crippen LogP contribution < -0.4 is 5.73 Å². The van der Waals surface area contributed by atoms with E-state index in [1.54, 1.807) is 34.9 Å². The zero-order valence-corrected chi connectivity index (χ0v) is 14.7. The van der Waals surface area contributed by atoms with Gasteiger partial charge in [-0.3, -0.25) is 0 Å². The normalized spacial score (nSPS) is 18.3. The van der Waals surface area contributed by atoms with Crippen molar-refractivity contribution < 1.29 is 0 Å². The number of nitrogens with two attached hydrogens (primary N) is 1. The van der Waals surface area contributed by atoms with Crippen LogP contribution in [0.3, 0.4) is 0 Å². The molecule has 0 amide bonds. The first-order valence-corrected chi connectivity index (χ1v) is 9.23. The van der Waals surface area contributed by atoms with Crippen LogP contribution in [-0.4, -0.2) is 26.0 Å². The summed E-state index contributed by atoms with van der Waals surface area (Å²) in [6, 6.07) is 1.79. The summed E-state index contributed by atoms with van der Waals surface area (Å²) < 4.78 is 1.65. The van der Waals surface area contributed by atoms with E-state index < -0.39 is 0 Å². The summed E-state index contributed by atoms with van der Waals surface area (Å²) >= 11 is 1.62. The highest BCUT2D eigenvalue weighted by Crippen LogP contribution is 2.39. The molecule has 0 aliphatic heterocycles. The fourth-order valence-corrected chi connectivity index (χ4v) is 3.70. The van der Waals surface area contributed by atoms with Crippen LogP contribution in [0.15, 0.2) is 29.6 Å². The number of hydrogen-bond acceptors (Lipinski definition) is 5. The van der Waals surface area contributed by atoms with Gasteiger partial charge in [-0.25, -0.2) is 9.97 Å². The number of nitrogens with zero attached hydrogens (tertiary/aromatic N) is 4. The number of nitrogen functional groups attached to an aromatic ring is 1. The number of thioether (sulfide) groups is 1. The van der Waals surface area contributed by atoms with E-state index in [2.05, 4.69) is 35.0 Å². The lowest BCUT2D eigenvalue weighted by Gasteiger charge is -2.25. The molecule has 0 fully saturated rings. The van der Waals surface area contributed by atoms with Crippen LogP contribution in [0.2, 0.25) is 0 Å². The standard InChI is InChI=1S/C17H23N5S/c1-11(2)12-5-7-13(8-6-12)14-15(18)22(21-16(14)23-3)17-19-9-4-10-20-17/h4,7,9-12H,5-6,8,18H2,1-3H3. The molecule has 5 nitrogen and oxygen atoms in total. The highest BCUT2D eigenvalue weighted by molar-refractivity contribution is 7.98. The maximum absolute atomic E-state index is 6.40. The van der Waals surface area contributed by atoms with Crippen molar-refractivity contribution in [3.05, 3.63) is 30.1 Å². The monoisotopic (exact) mass is 329 g/mol. The lowest BCUT2D eigenvalue weighted by Crippen LogP contribution is -2.12. The van der Waals surface area contributed by atoms with Gasteiger partial charge in [0.2, 0.25) is 0 Å². The van der Waals surface area contributed by atoms with Crippen molar-refractivity contribution in [3.8, 4) is 5.95 Å². The van der Waals surface area contributed by atoms with Crippen molar-refractivity contribution in [3.63, 3.8) is 0 Å². The average molecular weight is 329 g/mol. The van der Waals surface area contributed by atoms with E-state index in [1.807, 2.05) is 6.26 Å². The van der Waals surface area contributed by atoms with E-state index >= 15 is 0 Å². The molecule has 1 aliphatic rings. The molecule has 1 atom stereocenters. The van der Waals surface area contributed by atoms with Gasteiger partial charge in [-0.1, -0.05) is 19.9 Å². The predicted molar refractivity (Wildman–Crippen MR) is 95.5 cm³/mol. The number of anilines is 1. The van der Waals surface area contributed by atoms with Gasteiger partial charge in [-0.05, 0) is 49.0 Å². The number of hydrogen-bond donors (Lipinski definition) is 1. The summed E-state index contributed by atoms with van der Waals surface area (Å²) in [5.41, 5.74) is 8.78. The molecule has 2 aromatic rings. The summed E-state index contributed by atoms with van der Waals surface area (Å²) in [5.74, 6) is 2.65.